The SMILES string of the molecule is CC(C)(C)NCC(COc1nccc2sc(C#N)cc12)OC(=O)C(C)(C)C. The van der Waals surface area contributed by atoms with Crippen LogP contribution in [-0.2, 0) is 9.53 Å². The monoisotopic (exact) mass is 389 g/mol. The van der Waals surface area contributed by atoms with Gasteiger partial charge in [-0.1, -0.05) is 0 Å². The maximum absolute atomic E-state index is 12.3. The van der Waals surface area contributed by atoms with Gasteiger partial charge in [-0.2, -0.15) is 5.26 Å². The summed E-state index contributed by atoms with van der Waals surface area (Å²) in [5.74, 6) is 0.165. The molecule has 0 amide bonds. The van der Waals surface area contributed by atoms with Crippen molar-refractivity contribution in [3.05, 3.63) is 23.2 Å². The molecule has 2 aromatic heterocycles. The molecule has 2 rings (SSSR count). The fourth-order valence-electron chi connectivity index (χ4n) is 2.16. The van der Waals surface area contributed by atoms with Gasteiger partial charge in [0, 0.05) is 23.0 Å². The second-order valence-electron chi connectivity index (χ2n) is 8.47. The van der Waals surface area contributed by atoms with E-state index in [1.807, 2.05) is 47.6 Å². The summed E-state index contributed by atoms with van der Waals surface area (Å²) in [5.41, 5.74) is -0.701. The number of pyridine rings is 1. The Labute approximate surface area is 164 Å². The standard InChI is InChI=1S/C20H27N3O3S/c1-19(2,3)18(24)26-13(11-23-20(4,5)6)12-25-17-15-9-14(10-21)27-16(15)7-8-22-17/h7-9,13,23H,11-12H2,1-6H3. The number of aromatic nitrogens is 1. The van der Waals surface area contributed by atoms with Crippen LogP contribution in [0.3, 0.4) is 0 Å². The molecule has 146 valence electrons. The predicted molar refractivity (Wildman–Crippen MR) is 107 cm³/mol. The molecule has 0 aliphatic rings. The second kappa shape index (κ2) is 8.24. The molecule has 6 nitrogen and oxygen atoms in total. The molecular formula is C20H27N3O3S. The van der Waals surface area contributed by atoms with Gasteiger partial charge in [-0.15, -0.1) is 11.3 Å². The van der Waals surface area contributed by atoms with E-state index in [4.69, 9.17) is 14.7 Å². The van der Waals surface area contributed by atoms with Crippen molar-refractivity contribution in [2.24, 2.45) is 5.41 Å². The average molecular weight is 390 g/mol. The molecule has 1 atom stereocenters. The van der Waals surface area contributed by atoms with Crippen LogP contribution in [0.25, 0.3) is 10.1 Å². The van der Waals surface area contributed by atoms with Crippen LogP contribution in [0, 0.1) is 16.7 Å². The molecule has 0 aliphatic heterocycles. The molecule has 0 bridgehead atoms. The van der Waals surface area contributed by atoms with Crippen molar-refractivity contribution in [3.8, 4) is 11.9 Å². The van der Waals surface area contributed by atoms with E-state index in [1.165, 1.54) is 11.3 Å². The molecule has 0 radical (unpaired) electrons. The highest BCUT2D eigenvalue weighted by molar-refractivity contribution is 7.19. The number of hydrogen-bond donors (Lipinski definition) is 1. The number of esters is 1. The van der Waals surface area contributed by atoms with E-state index in [-0.39, 0.29) is 18.1 Å². The van der Waals surface area contributed by atoms with Gasteiger partial charge in [0.15, 0.2) is 0 Å². The molecule has 7 heteroatoms. The molecule has 27 heavy (non-hydrogen) atoms. The summed E-state index contributed by atoms with van der Waals surface area (Å²) < 4.78 is 12.5. The molecule has 0 saturated carbocycles. The van der Waals surface area contributed by atoms with Crippen molar-refractivity contribution >= 4 is 27.4 Å². The van der Waals surface area contributed by atoms with E-state index >= 15 is 0 Å². The first-order valence-corrected chi connectivity index (χ1v) is 9.69. The van der Waals surface area contributed by atoms with Gasteiger partial charge in [-0.05, 0) is 53.7 Å². The van der Waals surface area contributed by atoms with Gasteiger partial charge in [0.25, 0.3) is 0 Å². The van der Waals surface area contributed by atoms with Crippen LogP contribution in [0.2, 0.25) is 0 Å². The Morgan fingerprint density at radius 2 is 2.04 bits per heavy atom. The Morgan fingerprint density at radius 3 is 2.63 bits per heavy atom. The van der Waals surface area contributed by atoms with Gasteiger partial charge in [-0.3, -0.25) is 4.79 Å². The zero-order valence-electron chi connectivity index (χ0n) is 16.8. The number of carbonyl (C=O) groups excluding carboxylic acids is 1. The van der Waals surface area contributed by atoms with Crippen LogP contribution in [0.1, 0.15) is 46.4 Å². The number of hydrogen-bond acceptors (Lipinski definition) is 7. The summed E-state index contributed by atoms with van der Waals surface area (Å²) in [7, 11) is 0. The van der Waals surface area contributed by atoms with Crippen LogP contribution in [0.4, 0.5) is 0 Å². The fourth-order valence-corrected chi connectivity index (χ4v) is 3.01. The predicted octanol–water partition coefficient (Wildman–Crippen LogP) is 3.89. The van der Waals surface area contributed by atoms with Crippen molar-refractivity contribution in [1.29, 1.82) is 5.26 Å². The molecule has 0 aliphatic carbocycles. The molecule has 0 aromatic carbocycles. The van der Waals surface area contributed by atoms with Gasteiger partial charge in [0.2, 0.25) is 5.88 Å². The van der Waals surface area contributed by atoms with Gasteiger partial charge in [0.1, 0.15) is 23.7 Å². The molecule has 2 heterocycles. The molecule has 1 unspecified atom stereocenters. The molecule has 0 spiro atoms. The maximum Gasteiger partial charge on any atom is 0.311 e. The minimum Gasteiger partial charge on any atom is -0.473 e. The Kier molecular flexibility index (Phi) is 6.45. The number of thiophene rings is 1. The lowest BCUT2D eigenvalue weighted by molar-refractivity contribution is -0.160. The van der Waals surface area contributed by atoms with Crippen molar-refractivity contribution in [2.45, 2.75) is 53.2 Å². The fraction of sp³-hybridized carbons (Fsp3) is 0.550. The van der Waals surface area contributed by atoms with Crippen LogP contribution in [0.5, 0.6) is 5.88 Å². The largest absolute Gasteiger partial charge is 0.473 e. The normalized spacial score (nSPS) is 13.2. The molecular weight excluding hydrogens is 362 g/mol. The average Bonchev–Trinajstić information content (AvgIpc) is 2.99. The summed E-state index contributed by atoms with van der Waals surface area (Å²) in [6.07, 6.45) is 1.20. The Morgan fingerprint density at radius 1 is 1.33 bits per heavy atom. The van der Waals surface area contributed by atoms with Gasteiger partial charge < -0.3 is 14.8 Å². The third kappa shape index (κ3) is 6.19. The Bertz CT molecular complexity index is 841. The summed E-state index contributed by atoms with van der Waals surface area (Å²) in [4.78, 5) is 17.2. The second-order valence-corrected chi connectivity index (χ2v) is 9.55. The van der Waals surface area contributed by atoms with Crippen molar-refractivity contribution < 1.29 is 14.3 Å². The molecule has 0 fully saturated rings. The van der Waals surface area contributed by atoms with E-state index in [1.54, 1.807) is 12.3 Å². The van der Waals surface area contributed by atoms with Crippen molar-refractivity contribution in [3.63, 3.8) is 0 Å². The summed E-state index contributed by atoms with van der Waals surface area (Å²) in [6.45, 7) is 12.3. The van der Waals surface area contributed by atoms with E-state index in [0.717, 1.165) is 10.1 Å². The lowest BCUT2D eigenvalue weighted by atomic mass is 9.97. The molecule has 0 saturated heterocycles. The number of ether oxygens (including phenoxy) is 2. The van der Waals surface area contributed by atoms with Crippen molar-refractivity contribution in [2.75, 3.05) is 13.2 Å². The first kappa shape index (κ1) is 21.1. The maximum atomic E-state index is 12.3. The number of carbonyl (C=O) groups is 1. The number of nitriles is 1. The van der Waals surface area contributed by atoms with Gasteiger partial charge in [-0.25, -0.2) is 4.98 Å². The van der Waals surface area contributed by atoms with Crippen molar-refractivity contribution in [1.82, 2.24) is 10.3 Å². The lowest BCUT2D eigenvalue weighted by Crippen LogP contribution is -2.45. The first-order valence-electron chi connectivity index (χ1n) is 8.87. The van der Waals surface area contributed by atoms with E-state index < -0.39 is 11.5 Å². The number of nitrogens with one attached hydrogen (secondary N) is 1. The molecule has 1 N–H and O–H groups in total. The van der Waals surface area contributed by atoms with Crippen LogP contribution in [0.15, 0.2) is 18.3 Å². The number of nitrogens with zero attached hydrogens (tertiary/aromatic N) is 2. The highest BCUT2D eigenvalue weighted by Crippen LogP contribution is 2.30. The third-order valence-corrected chi connectivity index (χ3v) is 4.68. The highest BCUT2D eigenvalue weighted by Gasteiger charge is 2.27. The Hall–Kier alpha value is -2.17. The third-order valence-electron chi connectivity index (χ3n) is 3.67. The smallest absolute Gasteiger partial charge is 0.311 e. The van der Waals surface area contributed by atoms with Crippen LogP contribution in [-0.4, -0.2) is 35.7 Å². The highest BCUT2D eigenvalue weighted by atomic mass is 32.1. The lowest BCUT2D eigenvalue weighted by Gasteiger charge is -2.27. The summed E-state index contributed by atoms with van der Waals surface area (Å²) in [5, 5.41) is 13.2. The number of rotatable bonds is 6. The topological polar surface area (TPSA) is 84.2 Å². The Balaban J connectivity index is 2.14. The quantitative estimate of drug-likeness (QED) is 0.755. The van der Waals surface area contributed by atoms with E-state index in [9.17, 15) is 4.79 Å². The minimum atomic E-state index is -0.590. The van der Waals surface area contributed by atoms with E-state index in [0.29, 0.717) is 17.3 Å². The summed E-state index contributed by atoms with van der Waals surface area (Å²) in [6, 6.07) is 5.77. The van der Waals surface area contributed by atoms with Crippen LogP contribution < -0.4 is 10.1 Å². The zero-order chi connectivity index (χ0) is 20.2. The molecule has 2 aromatic rings. The summed E-state index contributed by atoms with van der Waals surface area (Å²) >= 11 is 1.39. The van der Waals surface area contributed by atoms with Gasteiger partial charge in [0.05, 0.1) is 10.8 Å². The van der Waals surface area contributed by atoms with E-state index in [2.05, 4.69) is 16.4 Å². The minimum absolute atomic E-state index is 0.111. The van der Waals surface area contributed by atoms with Crippen LogP contribution >= 0.6 is 11.3 Å². The first-order chi connectivity index (χ1) is 12.5. The zero-order valence-corrected chi connectivity index (χ0v) is 17.6. The number of fused-ring (bicyclic) bond motifs is 1. The van der Waals surface area contributed by atoms with Gasteiger partial charge >= 0.3 is 5.97 Å².